The van der Waals surface area contributed by atoms with Gasteiger partial charge < -0.3 is 16.4 Å². The molecule has 0 saturated carbocycles. The molecule has 1 aromatic carbocycles. The highest BCUT2D eigenvalue weighted by Gasteiger charge is 2.27. The van der Waals surface area contributed by atoms with Gasteiger partial charge >= 0.3 is 0 Å². The maximum absolute atomic E-state index is 11.2. The molecule has 1 aliphatic heterocycles. The van der Waals surface area contributed by atoms with Crippen molar-refractivity contribution in [2.45, 2.75) is 11.3 Å². The van der Waals surface area contributed by atoms with Crippen LogP contribution in [0.3, 0.4) is 0 Å². The highest BCUT2D eigenvalue weighted by atomic mass is 32.2. The molecule has 0 aromatic heterocycles. The fourth-order valence-corrected chi connectivity index (χ4v) is 2.76. The first-order valence-electron chi connectivity index (χ1n) is 5.75. The van der Waals surface area contributed by atoms with Crippen molar-refractivity contribution < 1.29 is 13.2 Å². The summed E-state index contributed by atoms with van der Waals surface area (Å²) in [4.78, 5) is 13.0. The third-order valence-corrected chi connectivity index (χ3v) is 4.17. The lowest BCUT2D eigenvalue weighted by Gasteiger charge is -2.20. The van der Waals surface area contributed by atoms with Crippen molar-refractivity contribution in [3.8, 4) is 0 Å². The summed E-state index contributed by atoms with van der Waals surface area (Å²) in [5, 5.41) is 5.03. The van der Waals surface area contributed by atoms with Crippen LogP contribution in [0.5, 0.6) is 0 Å². The van der Waals surface area contributed by atoms with Crippen molar-refractivity contribution in [2.24, 2.45) is 16.8 Å². The van der Waals surface area contributed by atoms with E-state index in [1.807, 2.05) is 4.90 Å². The molecule has 8 heteroatoms. The maximum Gasteiger partial charge on any atom is 0.238 e. The molecular formula is C11H16N4O3S. The van der Waals surface area contributed by atoms with Gasteiger partial charge in [-0.05, 0) is 24.6 Å². The number of amides is 1. The van der Waals surface area contributed by atoms with Gasteiger partial charge in [-0.15, -0.1) is 0 Å². The Bertz CT molecular complexity index is 614. The average molecular weight is 284 g/mol. The van der Waals surface area contributed by atoms with E-state index in [4.69, 9.17) is 16.6 Å². The van der Waals surface area contributed by atoms with Crippen LogP contribution in [0.2, 0.25) is 0 Å². The molecule has 7 nitrogen and oxygen atoms in total. The lowest BCUT2D eigenvalue weighted by Crippen LogP contribution is -2.27. The van der Waals surface area contributed by atoms with Crippen molar-refractivity contribution in [2.75, 3.05) is 23.7 Å². The Morgan fingerprint density at radius 3 is 2.53 bits per heavy atom. The highest BCUT2D eigenvalue weighted by molar-refractivity contribution is 7.89. The number of anilines is 2. The molecule has 1 saturated heterocycles. The molecule has 0 spiro atoms. The van der Waals surface area contributed by atoms with Crippen LogP contribution in [0, 0.1) is 5.92 Å². The van der Waals surface area contributed by atoms with Crippen molar-refractivity contribution >= 4 is 27.3 Å². The lowest BCUT2D eigenvalue weighted by molar-refractivity contribution is -0.121. The third kappa shape index (κ3) is 2.79. The minimum absolute atomic E-state index is 0.0283. The molecule has 19 heavy (non-hydrogen) atoms. The van der Waals surface area contributed by atoms with E-state index in [0.29, 0.717) is 30.9 Å². The number of sulfonamides is 1. The smallest absolute Gasteiger partial charge is 0.238 e. The summed E-state index contributed by atoms with van der Waals surface area (Å²) in [6, 6.07) is 4.32. The van der Waals surface area contributed by atoms with Crippen LogP contribution in [-0.2, 0) is 14.8 Å². The summed E-state index contributed by atoms with van der Waals surface area (Å²) in [7, 11) is -3.76. The zero-order chi connectivity index (χ0) is 14.2. The van der Waals surface area contributed by atoms with Gasteiger partial charge in [-0.2, -0.15) is 0 Å². The first-order chi connectivity index (χ1) is 8.79. The number of carbonyl (C=O) groups excluding carboxylic acids is 1. The summed E-state index contributed by atoms with van der Waals surface area (Å²) in [6.45, 7) is 1.15. The summed E-state index contributed by atoms with van der Waals surface area (Å²) in [5.74, 6) is -0.528. The molecule has 104 valence electrons. The van der Waals surface area contributed by atoms with Crippen molar-refractivity contribution in [3.63, 3.8) is 0 Å². The second-order valence-electron chi connectivity index (χ2n) is 4.60. The van der Waals surface area contributed by atoms with E-state index in [-0.39, 0.29) is 16.7 Å². The number of hydrogen-bond donors (Lipinski definition) is 3. The van der Waals surface area contributed by atoms with Crippen LogP contribution < -0.4 is 21.5 Å². The number of benzene rings is 1. The summed E-state index contributed by atoms with van der Waals surface area (Å²) < 4.78 is 22.4. The fourth-order valence-electron chi connectivity index (χ4n) is 2.21. The van der Waals surface area contributed by atoms with Crippen molar-refractivity contribution in [3.05, 3.63) is 18.2 Å². The Kier molecular flexibility index (Phi) is 3.38. The van der Waals surface area contributed by atoms with Crippen LogP contribution in [0.4, 0.5) is 11.4 Å². The minimum atomic E-state index is -3.76. The monoisotopic (exact) mass is 284 g/mol. The fraction of sp³-hybridized carbons (Fsp3) is 0.364. The number of nitrogens with two attached hydrogens (primary N) is 3. The molecule has 1 amide bonds. The zero-order valence-corrected chi connectivity index (χ0v) is 11.1. The third-order valence-electron chi connectivity index (χ3n) is 3.26. The number of nitrogens with zero attached hydrogens (tertiary/aromatic N) is 1. The number of carbonyl (C=O) groups is 1. The van der Waals surface area contributed by atoms with Crippen molar-refractivity contribution in [1.82, 2.24) is 0 Å². The number of nitrogen functional groups attached to an aromatic ring is 1. The Hall–Kier alpha value is -1.80. The van der Waals surface area contributed by atoms with Gasteiger partial charge in [0.05, 0.1) is 22.2 Å². The van der Waals surface area contributed by atoms with E-state index in [9.17, 15) is 13.2 Å². The molecule has 1 heterocycles. The second-order valence-corrected chi connectivity index (χ2v) is 6.16. The summed E-state index contributed by atoms with van der Waals surface area (Å²) >= 11 is 0. The van der Waals surface area contributed by atoms with Crippen molar-refractivity contribution in [1.29, 1.82) is 0 Å². The average Bonchev–Trinajstić information content (AvgIpc) is 2.76. The van der Waals surface area contributed by atoms with E-state index >= 15 is 0 Å². The molecule has 0 radical (unpaired) electrons. The largest absolute Gasteiger partial charge is 0.397 e. The number of primary sulfonamides is 1. The van der Waals surface area contributed by atoms with E-state index in [1.165, 1.54) is 12.1 Å². The first kappa shape index (κ1) is 13.6. The van der Waals surface area contributed by atoms with Gasteiger partial charge in [-0.25, -0.2) is 13.6 Å². The van der Waals surface area contributed by atoms with E-state index < -0.39 is 10.0 Å². The predicted octanol–water partition coefficient (Wildman–Crippen LogP) is -0.772. The SMILES string of the molecule is NC(=O)C1CCN(c2ccc(S(N)(=O)=O)cc2N)C1. The molecule has 1 aromatic rings. The zero-order valence-electron chi connectivity index (χ0n) is 10.2. The number of rotatable bonds is 3. The van der Waals surface area contributed by atoms with Gasteiger partial charge in [-0.3, -0.25) is 4.79 Å². The second kappa shape index (κ2) is 4.71. The standard InChI is InChI=1S/C11H16N4O3S/c12-9-5-8(19(14,17)18)1-2-10(9)15-4-3-7(6-15)11(13)16/h1-2,5,7H,3-4,6,12H2,(H2,13,16)(H2,14,17,18). The molecule has 1 unspecified atom stereocenters. The Labute approximate surface area is 111 Å². The van der Waals surface area contributed by atoms with Crippen LogP contribution in [0.15, 0.2) is 23.1 Å². The topological polar surface area (TPSA) is 133 Å². The summed E-state index contributed by atoms with van der Waals surface area (Å²) in [6.07, 6.45) is 0.672. The normalized spacial score (nSPS) is 19.6. The van der Waals surface area contributed by atoms with E-state index in [2.05, 4.69) is 0 Å². The Balaban J connectivity index is 2.26. The molecule has 1 aliphatic rings. The molecular weight excluding hydrogens is 268 g/mol. The minimum Gasteiger partial charge on any atom is -0.397 e. The Morgan fingerprint density at radius 2 is 2.05 bits per heavy atom. The lowest BCUT2D eigenvalue weighted by atomic mass is 10.1. The Morgan fingerprint density at radius 1 is 1.37 bits per heavy atom. The number of hydrogen-bond acceptors (Lipinski definition) is 5. The molecule has 2 rings (SSSR count). The molecule has 1 atom stereocenters. The molecule has 0 bridgehead atoms. The molecule has 1 fully saturated rings. The van der Waals surface area contributed by atoms with Crippen LogP contribution in [0.25, 0.3) is 0 Å². The van der Waals surface area contributed by atoms with E-state index in [1.54, 1.807) is 6.07 Å². The van der Waals surface area contributed by atoms with Gasteiger partial charge in [-0.1, -0.05) is 0 Å². The highest BCUT2D eigenvalue weighted by Crippen LogP contribution is 2.30. The maximum atomic E-state index is 11.2. The van der Waals surface area contributed by atoms with E-state index in [0.717, 1.165) is 0 Å². The van der Waals surface area contributed by atoms with Gasteiger partial charge in [0.2, 0.25) is 15.9 Å². The van der Waals surface area contributed by atoms with Crippen LogP contribution in [0.1, 0.15) is 6.42 Å². The summed E-state index contributed by atoms with van der Waals surface area (Å²) in [5.41, 5.74) is 12.1. The van der Waals surface area contributed by atoms with Crippen LogP contribution in [-0.4, -0.2) is 27.4 Å². The van der Waals surface area contributed by atoms with Gasteiger partial charge in [0.15, 0.2) is 0 Å². The van der Waals surface area contributed by atoms with Crippen LogP contribution >= 0.6 is 0 Å². The van der Waals surface area contributed by atoms with Gasteiger partial charge in [0.25, 0.3) is 0 Å². The van der Waals surface area contributed by atoms with Gasteiger partial charge in [0.1, 0.15) is 0 Å². The molecule has 6 N–H and O–H groups in total. The quantitative estimate of drug-likeness (QED) is 0.627. The predicted molar refractivity (Wildman–Crippen MR) is 71.7 cm³/mol. The molecule has 0 aliphatic carbocycles. The first-order valence-corrected chi connectivity index (χ1v) is 7.30. The number of primary amides is 1. The van der Waals surface area contributed by atoms with Gasteiger partial charge in [0, 0.05) is 13.1 Å².